The molecule has 0 aliphatic heterocycles. The highest BCUT2D eigenvalue weighted by molar-refractivity contribution is 14.1. The van der Waals surface area contributed by atoms with E-state index in [1.54, 1.807) is 24.3 Å². The number of rotatable bonds is 9. The van der Waals surface area contributed by atoms with Crippen LogP contribution in [-0.4, -0.2) is 20.6 Å². The SMILES string of the molecule is CCCC/C=C(\CS(=O)(=O)c1ccc(C)cc1)N(C=O)c1ccccc1I. The zero-order valence-electron chi connectivity index (χ0n) is 15.6. The highest BCUT2D eigenvalue weighted by atomic mass is 127. The summed E-state index contributed by atoms with van der Waals surface area (Å²) in [6.07, 6.45) is 5.22. The van der Waals surface area contributed by atoms with Crippen molar-refractivity contribution < 1.29 is 13.2 Å². The zero-order chi connectivity index (χ0) is 19.9. The normalized spacial score (nSPS) is 12.0. The lowest BCUT2D eigenvalue weighted by Crippen LogP contribution is -2.26. The number of aryl methyl sites for hydroxylation is 1. The van der Waals surface area contributed by atoms with Crippen LogP contribution < -0.4 is 4.90 Å². The first kappa shape index (κ1) is 21.6. The molecule has 0 aliphatic rings. The van der Waals surface area contributed by atoms with E-state index in [9.17, 15) is 13.2 Å². The van der Waals surface area contributed by atoms with Crippen LogP contribution in [0.2, 0.25) is 0 Å². The summed E-state index contributed by atoms with van der Waals surface area (Å²) >= 11 is 2.15. The molecule has 0 heterocycles. The van der Waals surface area contributed by atoms with E-state index < -0.39 is 9.84 Å². The fourth-order valence-corrected chi connectivity index (χ4v) is 4.66. The van der Waals surface area contributed by atoms with Gasteiger partial charge in [-0.05, 0) is 60.2 Å². The van der Waals surface area contributed by atoms with E-state index in [2.05, 4.69) is 29.5 Å². The highest BCUT2D eigenvalue weighted by Crippen LogP contribution is 2.26. The van der Waals surface area contributed by atoms with Gasteiger partial charge in [-0.1, -0.05) is 55.7 Å². The molecule has 0 saturated carbocycles. The van der Waals surface area contributed by atoms with E-state index >= 15 is 0 Å². The number of sulfone groups is 1. The first-order chi connectivity index (χ1) is 12.9. The number of carbonyl (C=O) groups is 1. The Hall–Kier alpha value is -1.67. The Kier molecular flexibility index (Phi) is 8.04. The summed E-state index contributed by atoms with van der Waals surface area (Å²) in [6, 6.07) is 14.2. The third-order valence-electron chi connectivity index (χ3n) is 4.18. The van der Waals surface area contributed by atoms with Crippen LogP contribution in [-0.2, 0) is 14.6 Å². The minimum absolute atomic E-state index is 0.219. The number of amides is 1. The van der Waals surface area contributed by atoms with Gasteiger partial charge in [0, 0.05) is 9.27 Å². The summed E-state index contributed by atoms with van der Waals surface area (Å²) in [5, 5.41) is 0. The standard InChI is InChI=1S/C21H24INO3S/c1-3-4-5-8-18(23(16-24)21-10-7-6-9-20(21)22)15-27(25,26)19-13-11-17(2)12-14-19/h6-14,16H,3-5,15H2,1-2H3/b18-8+. The van der Waals surface area contributed by atoms with Crippen LogP contribution in [0.4, 0.5) is 5.69 Å². The maximum Gasteiger partial charge on any atom is 0.218 e. The average Bonchev–Trinajstić information content (AvgIpc) is 2.64. The molecule has 4 nitrogen and oxygen atoms in total. The molecule has 0 fully saturated rings. The fourth-order valence-electron chi connectivity index (χ4n) is 2.65. The molecule has 0 aliphatic carbocycles. The van der Waals surface area contributed by atoms with Crippen molar-refractivity contribution in [1.29, 1.82) is 0 Å². The quantitative estimate of drug-likeness (QED) is 0.275. The van der Waals surface area contributed by atoms with Crippen molar-refractivity contribution in [3.63, 3.8) is 0 Å². The lowest BCUT2D eigenvalue weighted by atomic mass is 10.2. The summed E-state index contributed by atoms with van der Waals surface area (Å²) < 4.78 is 26.8. The molecule has 0 radical (unpaired) electrons. The Morgan fingerprint density at radius 2 is 1.78 bits per heavy atom. The van der Waals surface area contributed by atoms with E-state index in [1.807, 2.05) is 37.3 Å². The fraction of sp³-hybridized carbons (Fsp3) is 0.286. The molecule has 0 unspecified atom stereocenters. The second kappa shape index (κ2) is 10.0. The first-order valence-electron chi connectivity index (χ1n) is 8.86. The monoisotopic (exact) mass is 497 g/mol. The number of para-hydroxylation sites is 1. The minimum atomic E-state index is -3.56. The number of benzene rings is 2. The van der Waals surface area contributed by atoms with Crippen LogP contribution in [0.1, 0.15) is 31.7 Å². The van der Waals surface area contributed by atoms with E-state index in [1.165, 1.54) is 4.90 Å². The highest BCUT2D eigenvalue weighted by Gasteiger charge is 2.22. The summed E-state index contributed by atoms with van der Waals surface area (Å²) in [6.45, 7) is 3.99. The molecule has 2 aromatic rings. The van der Waals surface area contributed by atoms with Gasteiger partial charge in [-0.3, -0.25) is 9.69 Å². The Bertz CT molecular complexity index is 905. The van der Waals surface area contributed by atoms with Gasteiger partial charge >= 0.3 is 0 Å². The molecule has 0 bridgehead atoms. The predicted molar refractivity (Wildman–Crippen MR) is 119 cm³/mol. The van der Waals surface area contributed by atoms with Crippen molar-refractivity contribution in [1.82, 2.24) is 0 Å². The third-order valence-corrected chi connectivity index (χ3v) is 6.76. The van der Waals surface area contributed by atoms with Crippen molar-refractivity contribution in [3.05, 3.63) is 69.4 Å². The number of allylic oxidation sites excluding steroid dienone is 1. The number of hydrogen-bond acceptors (Lipinski definition) is 3. The van der Waals surface area contributed by atoms with Gasteiger partial charge in [0.1, 0.15) is 0 Å². The van der Waals surface area contributed by atoms with Crippen molar-refractivity contribution in [2.45, 2.75) is 38.0 Å². The van der Waals surface area contributed by atoms with E-state index in [4.69, 9.17) is 0 Å². The minimum Gasteiger partial charge on any atom is -0.286 e. The Balaban J connectivity index is 2.42. The van der Waals surface area contributed by atoms with E-state index in [-0.39, 0.29) is 10.6 Å². The number of anilines is 1. The Morgan fingerprint density at radius 1 is 1.11 bits per heavy atom. The number of halogens is 1. The maximum atomic E-state index is 12.9. The van der Waals surface area contributed by atoms with Crippen molar-refractivity contribution >= 4 is 44.5 Å². The molecule has 27 heavy (non-hydrogen) atoms. The molecule has 0 atom stereocenters. The van der Waals surface area contributed by atoms with Crippen LogP contribution >= 0.6 is 22.6 Å². The van der Waals surface area contributed by atoms with Gasteiger partial charge in [0.2, 0.25) is 6.41 Å². The topological polar surface area (TPSA) is 54.5 Å². The number of carbonyl (C=O) groups excluding carboxylic acids is 1. The van der Waals surface area contributed by atoms with Gasteiger partial charge in [0.05, 0.1) is 16.3 Å². The second-order valence-corrected chi connectivity index (χ2v) is 9.49. The van der Waals surface area contributed by atoms with Gasteiger partial charge in [-0.15, -0.1) is 0 Å². The number of unbranched alkanes of at least 4 members (excludes halogenated alkanes) is 2. The van der Waals surface area contributed by atoms with Gasteiger partial charge in [0.15, 0.2) is 9.84 Å². The number of nitrogens with zero attached hydrogens (tertiary/aromatic N) is 1. The molecule has 1 amide bonds. The smallest absolute Gasteiger partial charge is 0.218 e. The molecule has 0 aromatic heterocycles. The van der Waals surface area contributed by atoms with Crippen LogP contribution in [0, 0.1) is 10.5 Å². The van der Waals surface area contributed by atoms with Crippen LogP contribution in [0.25, 0.3) is 0 Å². The van der Waals surface area contributed by atoms with Crippen molar-refractivity contribution in [3.8, 4) is 0 Å². The molecule has 0 N–H and O–H groups in total. The Morgan fingerprint density at radius 3 is 2.37 bits per heavy atom. The summed E-state index contributed by atoms with van der Waals surface area (Å²) in [4.78, 5) is 13.6. The van der Waals surface area contributed by atoms with E-state index in [0.717, 1.165) is 28.4 Å². The molecule has 0 spiro atoms. The molecular weight excluding hydrogens is 473 g/mol. The molecule has 0 saturated heterocycles. The molecule has 144 valence electrons. The summed E-state index contributed by atoms with van der Waals surface area (Å²) in [5.41, 5.74) is 2.18. The lowest BCUT2D eigenvalue weighted by Gasteiger charge is -2.22. The molecular formula is C21H24INO3S. The van der Waals surface area contributed by atoms with Gasteiger partial charge in [0.25, 0.3) is 0 Å². The zero-order valence-corrected chi connectivity index (χ0v) is 18.5. The summed E-state index contributed by atoms with van der Waals surface area (Å²) in [7, 11) is -3.56. The van der Waals surface area contributed by atoms with Crippen molar-refractivity contribution in [2.24, 2.45) is 0 Å². The average molecular weight is 497 g/mol. The Labute approximate surface area is 175 Å². The predicted octanol–water partition coefficient (Wildman–Crippen LogP) is 5.11. The van der Waals surface area contributed by atoms with Crippen molar-refractivity contribution in [2.75, 3.05) is 10.7 Å². The largest absolute Gasteiger partial charge is 0.286 e. The van der Waals surface area contributed by atoms with Crippen LogP contribution in [0.15, 0.2) is 65.2 Å². The van der Waals surface area contributed by atoms with Gasteiger partial charge in [-0.2, -0.15) is 0 Å². The second-order valence-electron chi connectivity index (χ2n) is 6.34. The number of hydrogen-bond donors (Lipinski definition) is 0. The van der Waals surface area contributed by atoms with Crippen LogP contribution in [0.5, 0.6) is 0 Å². The summed E-state index contributed by atoms with van der Waals surface area (Å²) in [5.74, 6) is -0.219. The third kappa shape index (κ3) is 5.90. The van der Waals surface area contributed by atoms with Crippen LogP contribution in [0.3, 0.4) is 0 Å². The first-order valence-corrected chi connectivity index (χ1v) is 11.6. The molecule has 2 rings (SSSR count). The maximum absolute atomic E-state index is 12.9. The lowest BCUT2D eigenvalue weighted by molar-refractivity contribution is -0.107. The van der Waals surface area contributed by atoms with Gasteiger partial charge < -0.3 is 0 Å². The molecule has 2 aromatic carbocycles. The van der Waals surface area contributed by atoms with E-state index in [0.29, 0.717) is 17.8 Å². The molecule has 6 heteroatoms. The van der Waals surface area contributed by atoms with Gasteiger partial charge in [-0.25, -0.2) is 8.42 Å².